The number of aromatic nitrogens is 1. The number of aryl methyl sites for hydroxylation is 1. The average Bonchev–Trinajstić information content (AvgIpc) is 2.76. The number of benzene rings is 1. The fourth-order valence-corrected chi connectivity index (χ4v) is 2.60. The van der Waals surface area contributed by atoms with E-state index in [4.69, 9.17) is 3.07 Å². The van der Waals surface area contributed by atoms with E-state index in [9.17, 15) is 0 Å². The van der Waals surface area contributed by atoms with Crippen LogP contribution in [0.4, 0.5) is 0 Å². The van der Waals surface area contributed by atoms with Crippen molar-refractivity contribution < 1.29 is 3.07 Å². The molecule has 1 heterocycles. The molecular weight excluding hydrogens is 345 g/mol. The summed E-state index contributed by atoms with van der Waals surface area (Å²) in [6.45, 7) is 6.13. The molecule has 17 heavy (non-hydrogen) atoms. The van der Waals surface area contributed by atoms with E-state index < -0.39 is 0 Å². The molecule has 0 aliphatic carbocycles. The van der Waals surface area contributed by atoms with Crippen LogP contribution < -0.4 is 0 Å². The quantitative estimate of drug-likeness (QED) is 0.740. The number of halogens is 1. The number of thiazole rings is 1. The molecule has 0 bridgehead atoms. The Morgan fingerprint density at radius 3 is 2.35 bits per heavy atom. The molecule has 1 aromatic heterocycles. The van der Waals surface area contributed by atoms with Crippen molar-refractivity contribution >= 4 is 34.3 Å². The summed E-state index contributed by atoms with van der Waals surface area (Å²) in [5, 5.41) is 3.14. The molecule has 90 valence electrons. The predicted octanol–water partition coefficient (Wildman–Crippen LogP) is 4.72. The van der Waals surface area contributed by atoms with Crippen molar-refractivity contribution in [2.24, 2.45) is 0 Å². The minimum Gasteiger partial charge on any atom is -0.305 e. The van der Waals surface area contributed by atoms with E-state index in [0.717, 1.165) is 16.3 Å². The van der Waals surface area contributed by atoms with Gasteiger partial charge in [-0.3, -0.25) is 0 Å². The van der Waals surface area contributed by atoms with Crippen molar-refractivity contribution in [3.05, 3.63) is 40.9 Å². The van der Waals surface area contributed by atoms with Crippen molar-refractivity contribution in [2.45, 2.75) is 26.4 Å². The molecule has 1 aromatic carbocycles. The van der Waals surface area contributed by atoms with Crippen molar-refractivity contribution in [3.63, 3.8) is 0 Å². The van der Waals surface area contributed by atoms with Gasteiger partial charge in [-0.25, -0.2) is 4.98 Å². The Morgan fingerprint density at radius 2 is 1.88 bits per heavy atom. The fraction of sp³-hybridized carbons (Fsp3) is 0.308. The first kappa shape index (κ1) is 13.0. The summed E-state index contributed by atoms with van der Waals surface area (Å²) in [5.74, 6) is 0. The summed E-state index contributed by atoms with van der Waals surface area (Å²) in [7, 11) is 0. The van der Waals surface area contributed by atoms with Crippen LogP contribution in [0.25, 0.3) is 10.6 Å². The van der Waals surface area contributed by atoms with Gasteiger partial charge in [-0.2, -0.15) is 0 Å². The van der Waals surface area contributed by atoms with E-state index in [1.165, 1.54) is 5.56 Å². The van der Waals surface area contributed by atoms with Crippen molar-refractivity contribution in [1.82, 2.24) is 4.98 Å². The highest BCUT2D eigenvalue weighted by atomic mass is 127. The minimum absolute atomic E-state index is 0.252. The van der Waals surface area contributed by atoms with Gasteiger partial charge in [0.1, 0.15) is 28.0 Å². The standard InChI is InChI=1S/C13H14INOS/c1-9-8-17-12(15-9)10-4-6-11(7-5-10)13(2,3)16-14/h4-8H,1-3H3. The van der Waals surface area contributed by atoms with Crippen LogP contribution in [0.5, 0.6) is 0 Å². The third-order valence-corrected chi connectivity index (χ3v) is 4.75. The van der Waals surface area contributed by atoms with Crippen LogP contribution in [0.15, 0.2) is 29.6 Å². The maximum atomic E-state index is 5.43. The summed E-state index contributed by atoms with van der Waals surface area (Å²) >= 11 is 3.62. The Morgan fingerprint density at radius 1 is 1.24 bits per heavy atom. The predicted molar refractivity (Wildman–Crippen MR) is 80.4 cm³/mol. The van der Waals surface area contributed by atoms with Crippen LogP contribution in [0.3, 0.4) is 0 Å². The molecule has 0 spiro atoms. The summed E-state index contributed by atoms with van der Waals surface area (Å²) in [5.41, 5.74) is 3.16. The lowest BCUT2D eigenvalue weighted by atomic mass is 9.97. The number of rotatable bonds is 3. The maximum absolute atomic E-state index is 5.43. The molecule has 0 saturated carbocycles. The van der Waals surface area contributed by atoms with Gasteiger partial charge in [0.25, 0.3) is 0 Å². The molecule has 0 saturated heterocycles. The highest BCUT2D eigenvalue weighted by Gasteiger charge is 2.20. The average molecular weight is 359 g/mol. The Balaban J connectivity index is 2.30. The second kappa shape index (κ2) is 5.04. The van der Waals surface area contributed by atoms with E-state index >= 15 is 0 Å². The summed E-state index contributed by atoms with van der Waals surface area (Å²) in [4.78, 5) is 4.48. The normalized spacial score (nSPS) is 11.8. The zero-order chi connectivity index (χ0) is 12.5. The zero-order valence-corrected chi connectivity index (χ0v) is 13.0. The first-order valence-corrected chi connectivity index (χ1v) is 7.12. The molecule has 4 heteroatoms. The van der Waals surface area contributed by atoms with E-state index in [2.05, 4.69) is 48.5 Å². The number of hydrogen-bond donors (Lipinski definition) is 0. The van der Waals surface area contributed by atoms with Gasteiger partial charge in [-0.15, -0.1) is 11.3 Å². The van der Waals surface area contributed by atoms with Crippen LogP contribution in [0.1, 0.15) is 25.1 Å². The van der Waals surface area contributed by atoms with Crippen molar-refractivity contribution in [3.8, 4) is 10.6 Å². The smallest absolute Gasteiger partial charge is 0.123 e. The molecule has 0 fully saturated rings. The molecule has 0 amide bonds. The van der Waals surface area contributed by atoms with Crippen molar-refractivity contribution in [1.29, 1.82) is 0 Å². The SMILES string of the molecule is Cc1csc(-c2ccc(C(C)(C)OI)cc2)n1. The zero-order valence-electron chi connectivity index (χ0n) is 10.0. The summed E-state index contributed by atoms with van der Waals surface area (Å²) in [6.07, 6.45) is 0. The Bertz CT molecular complexity index is 504. The molecule has 0 aliphatic heterocycles. The summed E-state index contributed by atoms with van der Waals surface area (Å²) < 4.78 is 5.43. The van der Waals surface area contributed by atoms with Crippen molar-refractivity contribution in [2.75, 3.05) is 0 Å². The first-order valence-electron chi connectivity index (χ1n) is 5.36. The van der Waals surface area contributed by atoms with Gasteiger partial charge < -0.3 is 3.07 Å². The molecular formula is C13H14INOS. The van der Waals surface area contributed by atoms with Gasteiger partial charge in [0.05, 0.1) is 5.60 Å². The lowest BCUT2D eigenvalue weighted by Gasteiger charge is -2.21. The van der Waals surface area contributed by atoms with E-state index in [1.54, 1.807) is 11.3 Å². The molecule has 0 radical (unpaired) electrons. The van der Waals surface area contributed by atoms with E-state index in [-0.39, 0.29) is 5.60 Å². The third kappa shape index (κ3) is 2.86. The monoisotopic (exact) mass is 359 g/mol. The van der Waals surface area contributed by atoms with Crippen LogP contribution in [0, 0.1) is 6.92 Å². The van der Waals surface area contributed by atoms with E-state index in [0.29, 0.717) is 0 Å². The Hall–Kier alpha value is -0.460. The lowest BCUT2D eigenvalue weighted by molar-refractivity contribution is 0.177. The lowest BCUT2D eigenvalue weighted by Crippen LogP contribution is -2.16. The highest BCUT2D eigenvalue weighted by molar-refractivity contribution is 14.1. The summed E-state index contributed by atoms with van der Waals surface area (Å²) in [6, 6.07) is 8.41. The maximum Gasteiger partial charge on any atom is 0.123 e. The van der Waals surface area contributed by atoms with Gasteiger partial charge in [0.2, 0.25) is 0 Å². The molecule has 0 atom stereocenters. The molecule has 2 rings (SSSR count). The second-order valence-corrected chi connectivity index (χ2v) is 5.76. The molecule has 2 nitrogen and oxygen atoms in total. The largest absolute Gasteiger partial charge is 0.305 e. The Labute approximate surface area is 120 Å². The molecule has 2 aromatic rings. The first-order chi connectivity index (χ1) is 8.03. The minimum atomic E-state index is -0.252. The van der Waals surface area contributed by atoms with Gasteiger partial charge in [0.15, 0.2) is 0 Å². The van der Waals surface area contributed by atoms with Crippen LogP contribution in [0.2, 0.25) is 0 Å². The second-order valence-electron chi connectivity index (χ2n) is 4.46. The van der Waals surface area contributed by atoms with Gasteiger partial charge >= 0.3 is 0 Å². The molecule has 0 N–H and O–H groups in total. The topological polar surface area (TPSA) is 22.1 Å². The van der Waals surface area contributed by atoms with Crippen LogP contribution in [-0.2, 0) is 8.67 Å². The van der Waals surface area contributed by atoms with E-state index in [1.807, 2.05) is 29.9 Å². The number of hydrogen-bond acceptors (Lipinski definition) is 3. The van der Waals surface area contributed by atoms with Crippen LogP contribution >= 0.6 is 34.3 Å². The highest BCUT2D eigenvalue weighted by Crippen LogP contribution is 2.30. The van der Waals surface area contributed by atoms with Gasteiger partial charge in [-0.05, 0) is 26.3 Å². The van der Waals surface area contributed by atoms with Gasteiger partial charge in [-0.1, -0.05) is 24.3 Å². The number of nitrogens with zero attached hydrogens (tertiary/aromatic N) is 1. The molecule has 0 unspecified atom stereocenters. The van der Waals surface area contributed by atoms with Gasteiger partial charge in [0, 0.05) is 16.6 Å². The molecule has 0 aliphatic rings. The fourth-order valence-electron chi connectivity index (χ4n) is 1.55. The Kier molecular flexibility index (Phi) is 3.85. The third-order valence-electron chi connectivity index (χ3n) is 2.64. The van der Waals surface area contributed by atoms with Crippen LogP contribution in [-0.4, -0.2) is 4.98 Å².